The summed E-state index contributed by atoms with van der Waals surface area (Å²) in [5.41, 5.74) is 0.145. The first-order valence-corrected chi connectivity index (χ1v) is 6.10. The zero-order valence-electron chi connectivity index (χ0n) is 9.96. The van der Waals surface area contributed by atoms with E-state index in [-0.39, 0.29) is 5.56 Å². The summed E-state index contributed by atoms with van der Waals surface area (Å²) in [7, 11) is 1.55. The molecule has 5 nitrogen and oxygen atoms in total. The lowest BCUT2D eigenvalue weighted by atomic mass is 10.2. The highest BCUT2D eigenvalue weighted by Crippen LogP contribution is 2.30. The van der Waals surface area contributed by atoms with Crippen LogP contribution in [0.3, 0.4) is 0 Å². The third kappa shape index (κ3) is 3.23. The quantitative estimate of drug-likeness (QED) is 0.934. The van der Waals surface area contributed by atoms with Gasteiger partial charge in [0.05, 0.1) is 23.3 Å². The summed E-state index contributed by atoms with van der Waals surface area (Å²) in [4.78, 5) is 14.9. The molecule has 0 radical (unpaired) electrons. The van der Waals surface area contributed by atoms with E-state index in [1.165, 1.54) is 18.3 Å². The first-order valence-electron chi connectivity index (χ1n) is 5.31. The van der Waals surface area contributed by atoms with E-state index in [4.69, 9.17) is 14.6 Å². The number of ether oxygens (including phenoxy) is 2. The second-order valence-corrected chi connectivity index (χ2v) is 4.44. The summed E-state index contributed by atoms with van der Waals surface area (Å²) < 4.78 is 11.2. The second-order valence-electron chi connectivity index (χ2n) is 3.59. The zero-order chi connectivity index (χ0) is 13.8. The number of benzene rings is 1. The van der Waals surface area contributed by atoms with Crippen LogP contribution in [0, 0.1) is 0 Å². The number of nitrogens with zero attached hydrogens (tertiary/aromatic N) is 1. The van der Waals surface area contributed by atoms with Gasteiger partial charge in [-0.25, -0.2) is 9.78 Å². The van der Waals surface area contributed by atoms with E-state index < -0.39 is 5.97 Å². The van der Waals surface area contributed by atoms with Crippen LogP contribution in [0.4, 0.5) is 0 Å². The van der Waals surface area contributed by atoms with Crippen molar-refractivity contribution in [2.75, 3.05) is 7.11 Å². The van der Waals surface area contributed by atoms with Crippen molar-refractivity contribution in [3.05, 3.63) is 46.6 Å². The van der Waals surface area contributed by atoms with Crippen molar-refractivity contribution in [3.63, 3.8) is 0 Å². The SMILES string of the molecule is COc1ccc(Oc2cc(C(=O)O)ccc2Br)nc1. The minimum atomic E-state index is -1.01. The Balaban J connectivity index is 2.26. The molecule has 0 bridgehead atoms. The summed E-state index contributed by atoms with van der Waals surface area (Å²) in [6.45, 7) is 0. The molecule has 2 aromatic rings. The van der Waals surface area contributed by atoms with Crippen LogP contribution >= 0.6 is 15.9 Å². The molecule has 0 aliphatic carbocycles. The molecule has 6 heteroatoms. The minimum Gasteiger partial charge on any atom is -0.495 e. The molecule has 0 fully saturated rings. The average molecular weight is 324 g/mol. The van der Waals surface area contributed by atoms with E-state index in [1.807, 2.05) is 0 Å². The van der Waals surface area contributed by atoms with Gasteiger partial charge in [0.15, 0.2) is 0 Å². The largest absolute Gasteiger partial charge is 0.495 e. The third-order valence-electron chi connectivity index (χ3n) is 2.34. The lowest BCUT2D eigenvalue weighted by molar-refractivity contribution is 0.0696. The molecule has 0 unspecified atom stereocenters. The molecule has 0 aliphatic rings. The van der Waals surface area contributed by atoms with Gasteiger partial charge in [-0.05, 0) is 40.2 Å². The zero-order valence-corrected chi connectivity index (χ0v) is 11.5. The van der Waals surface area contributed by atoms with Crippen LogP contribution in [0.25, 0.3) is 0 Å². The number of aromatic nitrogens is 1. The van der Waals surface area contributed by atoms with Gasteiger partial charge in [0.25, 0.3) is 0 Å². The topological polar surface area (TPSA) is 68.7 Å². The van der Waals surface area contributed by atoms with Crippen molar-refractivity contribution < 1.29 is 19.4 Å². The number of carboxylic acids is 1. The molecule has 0 saturated heterocycles. The average Bonchev–Trinajstić information content (AvgIpc) is 2.42. The van der Waals surface area contributed by atoms with Gasteiger partial charge in [-0.3, -0.25) is 0 Å². The van der Waals surface area contributed by atoms with Crippen LogP contribution in [0.2, 0.25) is 0 Å². The Morgan fingerprint density at radius 3 is 2.68 bits per heavy atom. The minimum absolute atomic E-state index is 0.145. The number of carbonyl (C=O) groups is 1. The van der Waals surface area contributed by atoms with E-state index in [9.17, 15) is 4.79 Å². The number of hydrogen-bond donors (Lipinski definition) is 1. The first kappa shape index (κ1) is 13.4. The predicted octanol–water partition coefficient (Wildman–Crippen LogP) is 3.34. The van der Waals surface area contributed by atoms with Crippen LogP contribution in [-0.4, -0.2) is 23.2 Å². The molecule has 19 heavy (non-hydrogen) atoms. The maximum absolute atomic E-state index is 10.9. The van der Waals surface area contributed by atoms with Gasteiger partial charge in [-0.1, -0.05) is 0 Å². The molecule has 98 valence electrons. The highest BCUT2D eigenvalue weighted by Gasteiger charge is 2.09. The van der Waals surface area contributed by atoms with Crippen molar-refractivity contribution in [2.45, 2.75) is 0 Å². The molecule has 2 rings (SSSR count). The lowest BCUT2D eigenvalue weighted by Crippen LogP contribution is -1.97. The highest BCUT2D eigenvalue weighted by atomic mass is 79.9. The van der Waals surface area contributed by atoms with E-state index in [0.29, 0.717) is 21.9 Å². The fourth-order valence-electron chi connectivity index (χ4n) is 1.38. The van der Waals surface area contributed by atoms with Crippen molar-refractivity contribution in [1.29, 1.82) is 0 Å². The van der Waals surface area contributed by atoms with Gasteiger partial charge >= 0.3 is 5.97 Å². The van der Waals surface area contributed by atoms with Gasteiger partial charge in [0.1, 0.15) is 11.5 Å². The number of halogens is 1. The summed E-state index contributed by atoms with van der Waals surface area (Å²) >= 11 is 3.29. The number of methoxy groups -OCH3 is 1. The van der Waals surface area contributed by atoms with Crippen LogP contribution in [0.15, 0.2) is 41.0 Å². The maximum atomic E-state index is 10.9. The molecule has 0 saturated carbocycles. The molecule has 0 spiro atoms. The van der Waals surface area contributed by atoms with Crippen LogP contribution in [0.1, 0.15) is 10.4 Å². The number of carboxylic acid groups (broad SMARTS) is 1. The van der Waals surface area contributed by atoms with E-state index in [1.54, 1.807) is 25.3 Å². The van der Waals surface area contributed by atoms with Gasteiger partial charge in [0.2, 0.25) is 5.88 Å². The normalized spacial score (nSPS) is 10.0. The Kier molecular flexibility index (Phi) is 4.01. The van der Waals surface area contributed by atoms with Crippen molar-refractivity contribution >= 4 is 21.9 Å². The van der Waals surface area contributed by atoms with Gasteiger partial charge in [-0.2, -0.15) is 0 Å². The molecule has 0 amide bonds. The Morgan fingerprint density at radius 2 is 2.11 bits per heavy atom. The maximum Gasteiger partial charge on any atom is 0.335 e. The van der Waals surface area contributed by atoms with Crippen molar-refractivity contribution in [2.24, 2.45) is 0 Å². The fourth-order valence-corrected chi connectivity index (χ4v) is 1.70. The summed E-state index contributed by atoms with van der Waals surface area (Å²) in [6, 6.07) is 7.87. The summed E-state index contributed by atoms with van der Waals surface area (Å²) in [6.07, 6.45) is 1.52. The predicted molar refractivity (Wildman–Crippen MR) is 72.0 cm³/mol. The van der Waals surface area contributed by atoms with Crippen LogP contribution < -0.4 is 9.47 Å². The number of rotatable bonds is 4. The Labute approximate surface area is 117 Å². The monoisotopic (exact) mass is 323 g/mol. The first-order chi connectivity index (χ1) is 9.10. The standard InChI is InChI=1S/C13H10BrNO4/c1-18-9-3-5-12(15-7-9)19-11-6-8(13(16)17)2-4-10(11)14/h2-7H,1H3,(H,16,17). The number of hydrogen-bond acceptors (Lipinski definition) is 4. The van der Waals surface area contributed by atoms with E-state index in [0.717, 1.165) is 0 Å². The fraction of sp³-hybridized carbons (Fsp3) is 0.0769. The second kappa shape index (κ2) is 5.71. The molecule has 0 aliphatic heterocycles. The van der Waals surface area contributed by atoms with Gasteiger partial charge in [0, 0.05) is 6.07 Å². The molecular weight excluding hydrogens is 314 g/mol. The summed E-state index contributed by atoms with van der Waals surface area (Å²) in [5.74, 6) is 0.340. The van der Waals surface area contributed by atoms with Gasteiger partial charge < -0.3 is 14.6 Å². The smallest absolute Gasteiger partial charge is 0.335 e. The van der Waals surface area contributed by atoms with Crippen LogP contribution in [-0.2, 0) is 0 Å². The Bertz CT molecular complexity index is 598. The molecule has 1 aromatic heterocycles. The Hall–Kier alpha value is -2.08. The highest BCUT2D eigenvalue weighted by molar-refractivity contribution is 9.10. The number of aromatic carboxylic acids is 1. The van der Waals surface area contributed by atoms with Crippen molar-refractivity contribution in [1.82, 2.24) is 4.98 Å². The lowest BCUT2D eigenvalue weighted by Gasteiger charge is -2.08. The van der Waals surface area contributed by atoms with Crippen LogP contribution in [0.5, 0.6) is 17.4 Å². The van der Waals surface area contributed by atoms with Gasteiger partial charge in [-0.15, -0.1) is 0 Å². The van der Waals surface area contributed by atoms with E-state index in [2.05, 4.69) is 20.9 Å². The third-order valence-corrected chi connectivity index (χ3v) is 2.99. The van der Waals surface area contributed by atoms with E-state index >= 15 is 0 Å². The number of pyridine rings is 1. The Morgan fingerprint density at radius 1 is 1.32 bits per heavy atom. The molecule has 1 heterocycles. The molecule has 0 atom stereocenters. The summed E-state index contributed by atoms with van der Waals surface area (Å²) in [5, 5.41) is 8.93. The molecular formula is C13H10BrNO4. The van der Waals surface area contributed by atoms with Crippen molar-refractivity contribution in [3.8, 4) is 17.4 Å². The molecule has 1 aromatic carbocycles. The molecule has 1 N–H and O–H groups in total.